The van der Waals surface area contributed by atoms with Gasteiger partial charge in [-0.2, -0.15) is 0 Å². The van der Waals surface area contributed by atoms with E-state index in [9.17, 15) is 0 Å². The van der Waals surface area contributed by atoms with Crippen LogP contribution >= 0.6 is 0 Å². The molecule has 0 saturated carbocycles. The third-order valence-electron chi connectivity index (χ3n) is 12.2. The SMILES string of the molecule is c1cc(-c2ccc(-c3cccc4c3ccc3ccccc34)cc2)cc(N(c2ccc(-c3ccc4ccc5ccccc5c4c3)cc2)c2cccc3oc4ccccc4c23)c1. The second-order valence-electron chi connectivity index (χ2n) is 15.7. The average molecular weight is 764 g/mol. The Bertz CT molecular complexity index is 3600. The second kappa shape index (κ2) is 13.9. The van der Waals surface area contributed by atoms with Gasteiger partial charge in [0.05, 0.1) is 11.1 Å². The summed E-state index contributed by atoms with van der Waals surface area (Å²) in [6, 6.07) is 81.3. The highest BCUT2D eigenvalue weighted by molar-refractivity contribution is 6.14. The first-order valence-electron chi connectivity index (χ1n) is 20.6. The number of anilines is 3. The molecule has 2 heteroatoms. The van der Waals surface area contributed by atoms with E-state index in [-0.39, 0.29) is 0 Å². The summed E-state index contributed by atoms with van der Waals surface area (Å²) in [6.45, 7) is 0. The summed E-state index contributed by atoms with van der Waals surface area (Å²) in [5, 5.41) is 12.3. The highest BCUT2D eigenvalue weighted by atomic mass is 16.3. The summed E-state index contributed by atoms with van der Waals surface area (Å²) in [5.41, 5.74) is 12.1. The van der Waals surface area contributed by atoms with Crippen LogP contribution in [0.2, 0.25) is 0 Å². The van der Waals surface area contributed by atoms with Gasteiger partial charge in [0.1, 0.15) is 11.2 Å². The molecule has 0 radical (unpaired) electrons. The van der Waals surface area contributed by atoms with Gasteiger partial charge in [-0.25, -0.2) is 0 Å². The van der Waals surface area contributed by atoms with Gasteiger partial charge in [-0.05, 0) is 125 Å². The first-order valence-corrected chi connectivity index (χ1v) is 20.6. The molecule has 0 N–H and O–H groups in total. The Hall–Kier alpha value is -7.94. The van der Waals surface area contributed by atoms with Crippen LogP contribution in [0, 0.1) is 0 Å². The van der Waals surface area contributed by atoms with E-state index in [0.29, 0.717) is 0 Å². The van der Waals surface area contributed by atoms with Gasteiger partial charge in [0.2, 0.25) is 0 Å². The Labute approximate surface area is 347 Å². The third kappa shape index (κ3) is 5.65. The lowest BCUT2D eigenvalue weighted by Crippen LogP contribution is -2.10. The topological polar surface area (TPSA) is 16.4 Å². The predicted octanol–water partition coefficient (Wildman–Crippen LogP) is 16.7. The lowest BCUT2D eigenvalue weighted by molar-refractivity contribution is 0.669. The van der Waals surface area contributed by atoms with Gasteiger partial charge in [-0.15, -0.1) is 0 Å². The highest BCUT2D eigenvalue weighted by Gasteiger charge is 2.20. The number of furan rings is 1. The predicted molar refractivity (Wildman–Crippen MR) is 255 cm³/mol. The molecule has 1 aromatic heterocycles. The molecule has 60 heavy (non-hydrogen) atoms. The van der Waals surface area contributed by atoms with Gasteiger partial charge in [-0.3, -0.25) is 0 Å². The van der Waals surface area contributed by atoms with E-state index in [0.717, 1.165) is 50.1 Å². The van der Waals surface area contributed by atoms with Crippen LogP contribution in [0.15, 0.2) is 229 Å². The van der Waals surface area contributed by atoms with Crippen LogP contribution in [0.25, 0.3) is 98.4 Å². The van der Waals surface area contributed by atoms with E-state index >= 15 is 0 Å². The Balaban J connectivity index is 0.958. The van der Waals surface area contributed by atoms with Crippen molar-refractivity contribution >= 4 is 82.1 Å². The Kier molecular flexibility index (Phi) is 7.89. The lowest BCUT2D eigenvalue weighted by Gasteiger charge is -2.27. The van der Waals surface area contributed by atoms with E-state index in [1.54, 1.807) is 0 Å². The van der Waals surface area contributed by atoms with Crippen LogP contribution in [0.5, 0.6) is 0 Å². The van der Waals surface area contributed by atoms with Gasteiger partial charge in [0.15, 0.2) is 0 Å². The Morgan fingerprint density at radius 3 is 1.63 bits per heavy atom. The van der Waals surface area contributed by atoms with Crippen molar-refractivity contribution in [2.24, 2.45) is 0 Å². The molecule has 0 amide bonds. The number of nitrogens with zero attached hydrogens (tertiary/aromatic N) is 1. The van der Waals surface area contributed by atoms with Crippen LogP contribution in [-0.2, 0) is 0 Å². The second-order valence-corrected chi connectivity index (χ2v) is 15.7. The number of hydrogen-bond donors (Lipinski definition) is 0. The van der Waals surface area contributed by atoms with Crippen LogP contribution in [0.1, 0.15) is 0 Å². The van der Waals surface area contributed by atoms with Crippen molar-refractivity contribution in [1.29, 1.82) is 0 Å². The molecule has 0 fully saturated rings. The quantitative estimate of drug-likeness (QED) is 0.157. The number of hydrogen-bond acceptors (Lipinski definition) is 2. The normalized spacial score (nSPS) is 11.7. The molecule has 0 atom stereocenters. The summed E-state index contributed by atoms with van der Waals surface area (Å²) < 4.78 is 6.42. The first-order chi connectivity index (χ1) is 29.7. The van der Waals surface area contributed by atoms with E-state index in [1.807, 2.05) is 6.07 Å². The van der Waals surface area contributed by atoms with Crippen molar-refractivity contribution in [2.45, 2.75) is 0 Å². The van der Waals surface area contributed by atoms with Crippen LogP contribution < -0.4 is 4.90 Å². The Morgan fingerprint density at radius 1 is 0.283 bits per heavy atom. The summed E-state index contributed by atoms with van der Waals surface area (Å²) in [5.74, 6) is 0. The number of fused-ring (bicyclic) bond motifs is 9. The van der Waals surface area contributed by atoms with E-state index in [4.69, 9.17) is 4.42 Å². The number of benzene rings is 11. The van der Waals surface area contributed by atoms with Crippen molar-refractivity contribution < 1.29 is 4.42 Å². The van der Waals surface area contributed by atoms with Crippen molar-refractivity contribution in [3.63, 3.8) is 0 Å². The molecule has 12 aromatic rings. The Morgan fingerprint density at radius 2 is 0.833 bits per heavy atom. The maximum atomic E-state index is 6.42. The zero-order chi connectivity index (χ0) is 39.6. The van der Waals surface area contributed by atoms with Crippen molar-refractivity contribution in [1.82, 2.24) is 0 Å². The molecule has 0 saturated heterocycles. The lowest BCUT2D eigenvalue weighted by atomic mass is 9.93. The van der Waals surface area contributed by atoms with Crippen molar-refractivity contribution in [3.05, 3.63) is 224 Å². The summed E-state index contributed by atoms with van der Waals surface area (Å²) in [7, 11) is 0. The minimum atomic E-state index is 0.867. The van der Waals surface area contributed by atoms with Gasteiger partial charge >= 0.3 is 0 Å². The van der Waals surface area contributed by atoms with Gasteiger partial charge < -0.3 is 9.32 Å². The molecule has 0 bridgehead atoms. The maximum absolute atomic E-state index is 6.42. The minimum absolute atomic E-state index is 0.867. The molecule has 12 rings (SSSR count). The van der Waals surface area contributed by atoms with Crippen molar-refractivity contribution in [3.8, 4) is 33.4 Å². The molecule has 0 aliphatic heterocycles. The molecule has 0 aliphatic carbocycles. The van der Waals surface area contributed by atoms with E-state index < -0.39 is 0 Å². The fraction of sp³-hybridized carbons (Fsp3) is 0. The van der Waals surface area contributed by atoms with Gasteiger partial charge in [-0.1, -0.05) is 176 Å². The number of para-hydroxylation sites is 1. The first kappa shape index (κ1) is 34.1. The molecule has 2 nitrogen and oxygen atoms in total. The molecular formula is C58H37NO. The van der Waals surface area contributed by atoms with Crippen molar-refractivity contribution in [2.75, 3.05) is 4.90 Å². The fourth-order valence-electron chi connectivity index (χ4n) is 9.31. The number of rotatable bonds is 6. The largest absolute Gasteiger partial charge is 0.456 e. The summed E-state index contributed by atoms with van der Waals surface area (Å²) >= 11 is 0. The average Bonchev–Trinajstić information content (AvgIpc) is 3.71. The zero-order valence-corrected chi connectivity index (χ0v) is 32.7. The third-order valence-corrected chi connectivity index (χ3v) is 12.2. The maximum Gasteiger partial charge on any atom is 0.137 e. The monoisotopic (exact) mass is 763 g/mol. The van der Waals surface area contributed by atoms with Crippen LogP contribution in [0.3, 0.4) is 0 Å². The molecule has 280 valence electrons. The molecule has 11 aromatic carbocycles. The zero-order valence-electron chi connectivity index (χ0n) is 32.7. The standard InChI is InChI=1S/C58H37NO/c1-3-14-48-41(11-1)32-35-52-49(17-8-18-51(48)52)42-24-22-38(23-25-42)44-12-7-13-47(36-44)59(55-19-9-21-57-58(55)53-16-5-6-20-56(53)60-57)46-33-30-39(31-34-46)45-29-28-43-27-26-40-10-2-4-15-50(40)54(43)37-45/h1-37H. The molecule has 0 unspecified atom stereocenters. The van der Waals surface area contributed by atoms with E-state index in [1.165, 1.54) is 65.3 Å². The molecular weight excluding hydrogens is 727 g/mol. The smallest absolute Gasteiger partial charge is 0.137 e. The van der Waals surface area contributed by atoms with Gasteiger partial charge in [0, 0.05) is 16.8 Å². The van der Waals surface area contributed by atoms with Gasteiger partial charge in [0.25, 0.3) is 0 Å². The van der Waals surface area contributed by atoms with Crippen LogP contribution in [-0.4, -0.2) is 0 Å². The molecule has 0 aliphatic rings. The highest BCUT2D eigenvalue weighted by Crippen LogP contribution is 2.44. The van der Waals surface area contributed by atoms with Crippen LogP contribution in [0.4, 0.5) is 17.1 Å². The molecule has 0 spiro atoms. The van der Waals surface area contributed by atoms with E-state index in [2.05, 4.69) is 223 Å². The fourth-order valence-corrected chi connectivity index (χ4v) is 9.31. The molecule has 1 heterocycles. The minimum Gasteiger partial charge on any atom is -0.456 e. The summed E-state index contributed by atoms with van der Waals surface area (Å²) in [4.78, 5) is 2.38. The summed E-state index contributed by atoms with van der Waals surface area (Å²) in [6.07, 6.45) is 0.